The van der Waals surface area contributed by atoms with E-state index in [1.807, 2.05) is 0 Å². The van der Waals surface area contributed by atoms with Gasteiger partial charge in [0, 0.05) is 5.88 Å². The van der Waals surface area contributed by atoms with Gasteiger partial charge >= 0.3 is 12.3 Å². The largest absolute Gasteiger partial charge is 0.320 e. The van der Waals surface area contributed by atoms with Gasteiger partial charge in [0.2, 0.25) is 10.0 Å². The third-order valence-corrected chi connectivity index (χ3v) is 2.93. The lowest BCUT2D eigenvalue weighted by atomic mass is 10.4. The van der Waals surface area contributed by atoms with Crippen molar-refractivity contribution >= 4 is 21.6 Å². The Morgan fingerprint density at radius 1 is 1.36 bits per heavy atom. The van der Waals surface area contributed by atoms with Crippen molar-refractivity contribution < 1.29 is 26.0 Å². The molecule has 0 radical (unpaired) electrons. The van der Waals surface area contributed by atoms with Crippen molar-refractivity contribution in [3.8, 4) is 0 Å². The molecule has 86 valence electrons. The average Bonchev–Trinajstić information content (AvgIpc) is 2.01. The van der Waals surface area contributed by atoms with Crippen molar-refractivity contribution in [2.75, 3.05) is 18.2 Å². The normalized spacial score (nSPS) is 13.6. The van der Waals surface area contributed by atoms with Gasteiger partial charge in [0.05, 0.1) is 12.3 Å². The van der Waals surface area contributed by atoms with Gasteiger partial charge in [-0.2, -0.15) is 8.78 Å². The molecule has 0 rings (SSSR count). The summed E-state index contributed by atoms with van der Waals surface area (Å²) < 4.78 is 70.3. The van der Waals surface area contributed by atoms with E-state index >= 15 is 0 Å². The summed E-state index contributed by atoms with van der Waals surface area (Å²) in [5.74, 6) is -5.25. The van der Waals surface area contributed by atoms with Gasteiger partial charge in [-0.25, -0.2) is 21.9 Å². The highest BCUT2D eigenvalue weighted by Gasteiger charge is 2.41. The van der Waals surface area contributed by atoms with E-state index in [0.717, 1.165) is 0 Å². The zero-order valence-corrected chi connectivity index (χ0v) is 8.39. The van der Waals surface area contributed by atoms with Gasteiger partial charge in [-0.1, -0.05) is 0 Å². The van der Waals surface area contributed by atoms with Gasteiger partial charge in [0.1, 0.15) is 0 Å². The van der Waals surface area contributed by atoms with E-state index in [4.69, 9.17) is 11.6 Å². The third-order valence-electron chi connectivity index (χ3n) is 1.19. The first-order valence-corrected chi connectivity index (χ1v) is 5.59. The lowest BCUT2D eigenvalue weighted by Gasteiger charge is -2.15. The Kier molecular flexibility index (Phi) is 5.10. The Morgan fingerprint density at radius 3 is 2.21 bits per heavy atom. The molecule has 0 bridgehead atoms. The van der Waals surface area contributed by atoms with Crippen LogP contribution >= 0.6 is 11.6 Å². The van der Waals surface area contributed by atoms with E-state index in [2.05, 4.69) is 0 Å². The summed E-state index contributed by atoms with van der Waals surface area (Å²) in [4.78, 5) is 0. The molecule has 0 heterocycles. The summed E-state index contributed by atoms with van der Waals surface area (Å²) in [5.41, 5.74) is 0. The van der Waals surface area contributed by atoms with Crippen LogP contribution < -0.4 is 4.72 Å². The summed E-state index contributed by atoms with van der Waals surface area (Å²) in [5, 5.41) is 0. The number of alkyl halides is 5. The van der Waals surface area contributed by atoms with Crippen LogP contribution in [-0.2, 0) is 10.0 Å². The van der Waals surface area contributed by atoms with Crippen molar-refractivity contribution in [2.24, 2.45) is 0 Å². The summed E-state index contributed by atoms with van der Waals surface area (Å²) >= 11 is 5.04. The van der Waals surface area contributed by atoms with E-state index in [0.29, 0.717) is 0 Å². The van der Waals surface area contributed by atoms with Crippen molar-refractivity contribution in [3.63, 3.8) is 0 Å². The molecule has 14 heavy (non-hydrogen) atoms. The zero-order valence-electron chi connectivity index (χ0n) is 6.81. The molecule has 9 heteroatoms. The molecule has 1 N–H and O–H groups in total. The Labute approximate surface area is 83.5 Å². The van der Waals surface area contributed by atoms with Crippen molar-refractivity contribution in [2.45, 2.75) is 12.3 Å². The van der Waals surface area contributed by atoms with Gasteiger partial charge in [-0.3, -0.25) is 0 Å². The maximum absolute atomic E-state index is 12.2. The SMILES string of the molecule is O=S(=O)(CCCl)NCC(F)(F)C(F)F. The van der Waals surface area contributed by atoms with E-state index < -0.39 is 34.7 Å². The highest BCUT2D eigenvalue weighted by molar-refractivity contribution is 7.89. The Hall–Kier alpha value is -0.0800. The molecular formula is C5H8ClF4NO2S. The number of rotatable bonds is 6. The van der Waals surface area contributed by atoms with Gasteiger partial charge < -0.3 is 0 Å². The topological polar surface area (TPSA) is 46.2 Å². The minimum Gasteiger partial charge on any atom is -0.212 e. The molecule has 0 aromatic carbocycles. The van der Waals surface area contributed by atoms with Crippen molar-refractivity contribution in [1.29, 1.82) is 0 Å². The summed E-state index contributed by atoms with van der Waals surface area (Å²) in [6, 6.07) is 0. The standard InChI is InChI=1S/C5H8ClF4NO2S/c6-1-2-14(12,13)11-3-5(9,10)4(7)8/h4,11H,1-3H2. The number of hydrogen-bond acceptors (Lipinski definition) is 2. The maximum Gasteiger partial charge on any atom is 0.320 e. The fraction of sp³-hybridized carbons (Fsp3) is 1.00. The first-order chi connectivity index (χ1) is 6.21. The molecule has 3 nitrogen and oxygen atoms in total. The average molecular weight is 258 g/mol. The van der Waals surface area contributed by atoms with E-state index in [-0.39, 0.29) is 5.88 Å². The third kappa shape index (κ3) is 4.97. The van der Waals surface area contributed by atoms with E-state index in [1.54, 1.807) is 0 Å². The van der Waals surface area contributed by atoms with Crippen LogP contribution in [0, 0.1) is 0 Å². The maximum atomic E-state index is 12.2. The van der Waals surface area contributed by atoms with Gasteiger partial charge in [-0.15, -0.1) is 11.6 Å². The van der Waals surface area contributed by atoms with Crippen LogP contribution in [-0.4, -0.2) is 38.9 Å². The van der Waals surface area contributed by atoms with Crippen LogP contribution in [0.3, 0.4) is 0 Å². The first kappa shape index (κ1) is 13.9. The molecule has 0 unspecified atom stereocenters. The van der Waals surface area contributed by atoms with Gasteiger partial charge in [0.15, 0.2) is 0 Å². The Morgan fingerprint density at radius 2 is 1.86 bits per heavy atom. The summed E-state index contributed by atoms with van der Waals surface area (Å²) in [6.07, 6.45) is -3.90. The number of nitrogens with one attached hydrogen (secondary N) is 1. The quantitative estimate of drug-likeness (QED) is 0.571. The lowest BCUT2D eigenvalue weighted by Crippen LogP contribution is -2.42. The van der Waals surface area contributed by atoms with Crippen LogP contribution in [0.1, 0.15) is 0 Å². The molecule has 0 aliphatic heterocycles. The van der Waals surface area contributed by atoms with Crippen LogP contribution in [0.2, 0.25) is 0 Å². The summed E-state index contributed by atoms with van der Waals surface area (Å²) in [6.45, 7) is -1.62. The predicted molar refractivity (Wildman–Crippen MR) is 43.5 cm³/mol. The molecule has 0 fully saturated rings. The van der Waals surface area contributed by atoms with E-state index in [1.165, 1.54) is 4.72 Å². The Balaban J connectivity index is 4.19. The van der Waals surface area contributed by atoms with Crippen LogP contribution in [0.4, 0.5) is 17.6 Å². The fourth-order valence-corrected chi connectivity index (χ4v) is 1.83. The van der Waals surface area contributed by atoms with Crippen molar-refractivity contribution in [3.05, 3.63) is 0 Å². The van der Waals surface area contributed by atoms with E-state index in [9.17, 15) is 26.0 Å². The molecule has 0 aromatic rings. The minimum absolute atomic E-state index is 0.296. The lowest BCUT2D eigenvalue weighted by molar-refractivity contribution is -0.122. The molecule has 0 aromatic heterocycles. The molecule has 0 amide bonds. The second-order valence-electron chi connectivity index (χ2n) is 2.39. The number of sulfonamides is 1. The molecule has 0 saturated heterocycles. The smallest absolute Gasteiger partial charge is 0.212 e. The Bertz CT molecular complexity index is 269. The molecular weight excluding hydrogens is 250 g/mol. The zero-order chi connectivity index (χ0) is 11.4. The molecule has 0 spiro atoms. The fourth-order valence-electron chi connectivity index (χ4n) is 0.457. The highest BCUT2D eigenvalue weighted by Crippen LogP contribution is 2.21. The van der Waals surface area contributed by atoms with Crippen molar-refractivity contribution in [1.82, 2.24) is 4.72 Å². The van der Waals surface area contributed by atoms with Gasteiger partial charge in [-0.05, 0) is 0 Å². The predicted octanol–water partition coefficient (Wildman–Crippen LogP) is 1.04. The minimum atomic E-state index is -4.36. The summed E-state index contributed by atoms with van der Waals surface area (Å²) in [7, 11) is -3.99. The van der Waals surface area contributed by atoms with Crippen LogP contribution in [0.25, 0.3) is 0 Å². The van der Waals surface area contributed by atoms with Crippen LogP contribution in [0.15, 0.2) is 0 Å². The molecule has 0 aliphatic carbocycles. The molecule has 0 atom stereocenters. The first-order valence-electron chi connectivity index (χ1n) is 3.40. The monoisotopic (exact) mass is 257 g/mol. The molecule has 0 aliphatic rings. The number of hydrogen-bond donors (Lipinski definition) is 1. The number of halogens is 5. The van der Waals surface area contributed by atoms with Crippen LogP contribution in [0.5, 0.6) is 0 Å². The van der Waals surface area contributed by atoms with Gasteiger partial charge in [0.25, 0.3) is 0 Å². The highest BCUT2D eigenvalue weighted by atomic mass is 35.5. The second-order valence-corrected chi connectivity index (χ2v) is 4.70. The second kappa shape index (κ2) is 5.13. The molecule has 0 saturated carbocycles.